The predicted molar refractivity (Wildman–Crippen MR) is 226 cm³/mol. The zero-order valence-corrected chi connectivity index (χ0v) is 35.9. The van der Waals surface area contributed by atoms with E-state index in [4.69, 9.17) is 0 Å². The molecular formula is C45H75N7O. The van der Waals surface area contributed by atoms with Crippen LogP contribution in [0.1, 0.15) is 105 Å². The molecule has 0 atom stereocenters. The second kappa shape index (κ2) is 20.6. The first kappa shape index (κ1) is 44.4. The number of likely N-dealkylation sites (N-methyl/N-ethyl adjacent to an activating group) is 3. The Kier molecular flexibility index (Phi) is 17.3. The highest BCUT2D eigenvalue weighted by Crippen LogP contribution is 2.24. The Bertz CT molecular complexity index is 1400. The van der Waals surface area contributed by atoms with Gasteiger partial charge in [0, 0.05) is 95.7 Å². The van der Waals surface area contributed by atoms with Crippen molar-refractivity contribution < 1.29 is 4.79 Å². The first-order valence-corrected chi connectivity index (χ1v) is 20.4. The molecular weight excluding hydrogens is 655 g/mol. The van der Waals surface area contributed by atoms with Gasteiger partial charge in [-0.1, -0.05) is 92.4 Å². The van der Waals surface area contributed by atoms with Crippen LogP contribution in [-0.2, 0) is 10.8 Å². The van der Waals surface area contributed by atoms with E-state index < -0.39 is 0 Å². The quantitative estimate of drug-likeness (QED) is 0.299. The van der Waals surface area contributed by atoms with Gasteiger partial charge in [-0.3, -0.25) is 9.69 Å². The molecule has 0 saturated carbocycles. The first-order chi connectivity index (χ1) is 24.9. The Morgan fingerprint density at radius 3 is 1.43 bits per heavy atom. The van der Waals surface area contributed by atoms with Gasteiger partial charge in [0.25, 0.3) is 5.91 Å². The number of hydrogen-bond donors (Lipinski definition) is 0. The summed E-state index contributed by atoms with van der Waals surface area (Å²) in [5, 5.41) is 0. The van der Waals surface area contributed by atoms with E-state index >= 15 is 0 Å². The number of pyridine rings is 1. The summed E-state index contributed by atoms with van der Waals surface area (Å²) in [4.78, 5) is 31.3. The molecule has 5 rings (SSSR count). The Morgan fingerprint density at radius 1 is 0.585 bits per heavy atom. The van der Waals surface area contributed by atoms with Crippen LogP contribution in [0.4, 0.5) is 5.82 Å². The Labute approximate surface area is 325 Å². The highest BCUT2D eigenvalue weighted by molar-refractivity contribution is 5.94. The minimum atomic E-state index is 0.133. The van der Waals surface area contributed by atoms with E-state index in [9.17, 15) is 4.79 Å². The highest BCUT2D eigenvalue weighted by Gasteiger charge is 2.22. The first-order valence-electron chi connectivity index (χ1n) is 20.4. The number of piperazine rings is 3. The molecule has 8 nitrogen and oxygen atoms in total. The molecule has 3 aliphatic heterocycles. The van der Waals surface area contributed by atoms with Crippen LogP contribution in [0.15, 0.2) is 42.6 Å². The van der Waals surface area contributed by atoms with Gasteiger partial charge < -0.3 is 24.5 Å². The van der Waals surface area contributed by atoms with Gasteiger partial charge in [-0.05, 0) is 80.6 Å². The van der Waals surface area contributed by atoms with Gasteiger partial charge >= 0.3 is 0 Å². The van der Waals surface area contributed by atoms with Crippen LogP contribution in [0.25, 0.3) is 0 Å². The Hall–Kier alpha value is -2.96. The number of rotatable bonds is 6. The van der Waals surface area contributed by atoms with Crippen molar-refractivity contribution in [3.8, 4) is 11.8 Å². The third kappa shape index (κ3) is 15.4. The Morgan fingerprint density at radius 2 is 1.02 bits per heavy atom. The number of benzene rings is 1. The van der Waals surface area contributed by atoms with E-state index in [-0.39, 0.29) is 22.2 Å². The van der Waals surface area contributed by atoms with Gasteiger partial charge in [0.15, 0.2) is 0 Å². The molecule has 2 aromatic rings. The van der Waals surface area contributed by atoms with Crippen LogP contribution in [0.2, 0.25) is 0 Å². The zero-order valence-electron chi connectivity index (χ0n) is 35.9. The van der Waals surface area contributed by atoms with E-state index in [2.05, 4.69) is 149 Å². The lowest BCUT2D eigenvalue weighted by Crippen LogP contribution is -2.48. The van der Waals surface area contributed by atoms with Crippen molar-refractivity contribution in [2.45, 2.75) is 93.9 Å². The smallest absolute Gasteiger partial charge is 0.253 e. The van der Waals surface area contributed by atoms with Crippen molar-refractivity contribution in [2.24, 2.45) is 5.41 Å². The normalized spacial score (nSPS) is 18.3. The van der Waals surface area contributed by atoms with Crippen LogP contribution >= 0.6 is 0 Å². The number of nitrogens with zero attached hydrogens (tertiary/aromatic N) is 7. The van der Waals surface area contributed by atoms with Crippen molar-refractivity contribution in [1.29, 1.82) is 0 Å². The molecule has 3 saturated heterocycles. The van der Waals surface area contributed by atoms with Crippen LogP contribution < -0.4 is 4.90 Å². The minimum absolute atomic E-state index is 0.133. The van der Waals surface area contributed by atoms with E-state index in [0.717, 1.165) is 83.4 Å². The van der Waals surface area contributed by atoms with Gasteiger partial charge in [0.2, 0.25) is 0 Å². The average Bonchev–Trinajstić information content (AvgIpc) is 3.14. The lowest BCUT2D eigenvalue weighted by Gasteiger charge is -2.35. The topological polar surface area (TPSA) is 49.4 Å². The number of carbonyl (C=O) groups is 1. The van der Waals surface area contributed by atoms with Crippen molar-refractivity contribution >= 4 is 11.7 Å². The maximum absolute atomic E-state index is 12.5. The summed E-state index contributed by atoms with van der Waals surface area (Å²) in [5.74, 6) is 7.87. The van der Waals surface area contributed by atoms with E-state index in [1.54, 1.807) is 0 Å². The largest absolute Gasteiger partial charge is 0.354 e. The molecule has 1 aromatic heterocycles. The summed E-state index contributed by atoms with van der Waals surface area (Å²) in [6.45, 7) is 43.6. The van der Waals surface area contributed by atoms with E-state index in [1.165, 1.54) is 43.9 Å². The molecule has 4 heterocycles. The van der Waals surface area contributed by atoms with Crippen LogP contribution in [0.3, 0.4) is 0 Å². The maximum atomic E-state index is 12.5. The van der Waals surface area contributed by atoms with E-state index in [1.807, 2.05) is 23.2 Å². The monoisotopic (exact) mass is 730 g/mol. The number of carbonyl (C=O) groups excluding carboxylic acids is 1. The number of amides is 1. The number of anilines is 1. The summed E-state index contributed by atoms with van der Waals surface area (Å²) in [6.07, 6.45) is 2.03. The summed E-state index contributed by atoms with van der Waals surface area (Å²) >= 11 is 0. The lowest BCUT2D eigenvalue weighted by molar-refractivity contribution is 0.0643. The Balaban J connectivity index is 0.000000216. The molecule has 53 heavy (non-hydrogen) atoms. The van der Waals surface area contributed by atoms with Crippen molar-refractivity contribution in [1.82, 2.24) is 29.5 Å². The second-order valence-corrected chi connectivity index (χ2v) is 17.9. The SMILES string of the molecule is CCN1CCN(C(=O)c2ccc(C(C)(C)C)cc2)CC1.CCN1CCN(CC#CC(C)(C)C)CC1.CCN1CCN(c2ccc(C(C)(C)C)cn2)CC1. The van der Waals surface area contributed by atoms with E-state index in [0.29, 0.717) is 0 Å². The van der Waals surface area contributed by atoms with Crippen LogP contribution in [0.5, 0.6) is 0 Å². The van der Waals surface area contributed by atoms with Gasteiger partial charge in [-0.25, -0.2) is 4.98 Å². The molecule has 0 bridgehead atoms. The third-order valence-electron chi connectivity index (χ3n) is 10.5. The molecule has 3 aliphatic rings. The molecule has 0 aliphatic carbocycles. The standard InChI is InChI=1S/C17H26N2O.C15H25N3.C13H24N2/c1-5-18-10-12-19(13-11-18)16(20)14-6-8-15(9-7-14)17(2,3)4;1-5-17-8-10-18(11-9-17)14-7-6-13(12-16-14)15(2,3)4;1-5-14-9-11-15(12-10-14)8-6-7-13(2,3)4/h6-9H,5,10-13H2,1-4H3;6-7,12H,5,8-11H2,1-4H3;5,8-12H2,1-4H3. The van der Waals surface area contributed by atoms with Gasteiger partial charge in [0.05, 0.1) is 6.54 Å². The van der Waals surface area contributed by atoms with Crippen molar-refractivity contribution in [3.05, 3.63) is 59.3 Å². The number of hydrogen-bond acceptors (Lipinski definition) is 7. The molecule has 3 fully saturated rings. The fourth-order valence-corrected chi connectivity index (χ4v) is 6.55. The third-order valence-corrected chi connectivity index (χ3v) is 10.5. The summed E-state index contributed by atoms with van der Waals surface area (Å²) < 4.78 is 0. The summed E-state index contributed by atoms with van der Waals surface area (Å²) in [7, 11) is 0. The highest BCUT2D eigenvalue weighted by atomic mass is 16.2. The molecule has 296 valence electrons. The molecule has 1 amide bonds. The average molecular weight is 730 g/mol. The van der Waals surface area contributed by atoms with Gasteiger partial charge in [-0.2, -0.15) is 0 Å². The minimum Gasteiger partial charge on any atom is -0.354 e. The molecule has 0 spiro atoms. The molecule has 0 N–H and O–H groups in total. The molecule has 8 heteroatoms. The fourth-order valence-electron chi connectivity index (χ4n) is 6.55. The second-order valence-electron chi connectivity index (χ2n) is 17.9. The van der Waals surface area contributed by atoms with Gasteiger partial charge in [0.1, 0.15) is 5.82 Å². The van der Waals surface area contributed by atoms with Gasteiger partial charge in [-0.15, -0.1) is 0 Å². The fraction of sp³-hybridized carbons (Fsp3) is 0.689. The molecule has 0 radical (unpaired) electrons. The zero-order chi connectivity index (χ0) is 39.2. The molecule has 0 unspecified atom stereocenters. The maximum Gasteiger partial charge on any atom is 0.253 e. The lowest BCUT2D eigenvalue weighted by atomic mass is 9.86. The number of aromatic nitrogens is 1. The summed E-state index contributed by atoms with van der Waals surface area (Å²) in [5.41, 5.74) is 3.85. The van der Waals surface area contributed by atoms with Crippen molar-refractivity contribution in [2.75, 3.05) is 110 Å². The predicted octanol–water partition coefficient (Wildman–Crippen LogP) is 6.96. The van der Waals surface area contributed by atoms with Crippen LogP contribution in [-0.4, -0.2) is 140 Å². The summed E-state index contributed by atoms with van der Waals surface area (Å²) in [6, 6.07) is 12.5. The molecule has 1 aromatic carbocycles. The van der Waals surface area contributed by atoms with Crippen molar-refractivity contribution in [3.63, 3.8) is 0 Å². The van der Waals surface area contributed by atoms with Crippen LogP contribution in [0, 0.1) is 17.3 Å².